The molecule has 13 nitrogen and oxygen atoms in total. The number of fused-ring (bicyclic) bond motifs is 1. The van der Waals surface area contributed by atoms with Crippen LogP contribution in [0.25, 0.3) is 33.5 Å². The van der Waals surface area contributed by atoms with Gasteiger partial charge in [-0.3, -0.25) is 14.5 Å². The number of aromatic amines is 1. The molecule has 13 heteroatoms. The summed E-state index contributed by atoms with van der Waals surface area (Å²) < 4.78 is 7.36. The molecule has 0 bridgehead atoms. The standard InChI is InChI=1S/C37H43N9O4/c1-37(2,3)50-36(49)39-21-24-7-11-27(12-8-24)35(48)46(29-16-13-26(14-17-29)34-41-43-44-42-34)32(33(38)47)19-23-5-9-25(10-6-23)28-15-18-30-31(20-28)45(4)22-40-30/h5-6,9-10,13-18,20,22,24,27,32H,7-8,11-12,19,21H2,1-4H3,(H2,38,47)(H,39,49)(H,41,42,43,44)/t24?,27?,32-/m0/s1. The zero-order chi connectivity index (χ0) is 35.4. The topological polar surface area (TPSA) is 174 Å². The second-order valence-corrected chi connectivity index (χ2v) is 14.0. The van der Waals surface area contributed by atoms with Crippen LogP contribution in [-0.2, 0) is 27.8 Å². The summed E-state index contributed by atoms with van der Waals surface area (Å²) in [5.74, 6) is -0.418. The number of aromatic nitrogens is 6. The Bertz CT molecular complexity index is 1940. The van der Waals surface area contributed by atoms with E-state index in [0.29, 0.717) is 36.5 Å². The van der Waals surface area contributed by atoms with Crippen molar-refractivity contribution in [1.82, 2.24) is 35.5 Å². The highest BCUT2D eigenvalue weighted by Gasteiger charge is 2.36. The first kappa shape index (κ1) is 34.3. The van der Waals surface area contributed by atoms with Gasteiger partial charge < -0.3 is 20.4 Å². The van der Waals surface area contributed by atoms with E-state index < -0.39 is 23.6 Å². The van der Waals surface area contributed by atoms with Crippen molar-refractivity contribution in [3.05, 3.63) is 78.6 Å². The first-order valence-corrected chi connectivity index (χ1v) is 16.9. The number of rotatable bonds is 10. The zero-order valence-electron chi connectivity index (χ0n) is 28.8. The number of alkyl carbamates (subject to hydrolysis) is 1. The number of primary amides is 1. The van der Waals surface area contributed by atoms with Crippen molar-refractivity contribution in [3.8, 4) is 22.5 Å². The predicted octanol–water partition coefficient (Wildman–Crippen LogP) is 5.18. The van der Waals surface area contributed by atoms with Gasteiger partial charge in [0.2, 0.25) is 17.6 Å². The summed E-state index contributed by atoms with van der Waals surface area (Å²) in [6.07, 6.45) is 4.34. The highest BCUT2D eigenvalue weighted by atomic mass is 16.6. The number of hydrogen-bond donors (Lipinski definition) is 3. The molecular formula is C37H43N9O4. The van der Waals surface area contributed by atoms with Crippen LogP contribution in [0, 0.1) is 11.8 Å². The quantitative estimate of drug-likeness (QED) is 0.181. The van der Waals surface area contributed by atoms with Crippen LogP contribution in [-0.4, -0.2) is 66.3 Å². The fourth-order valence-corrected chi connectivity index (χ4v) is 6.55. The Labute approximate surface area is 290 Å². The van der Waals surface area contributed by atoms with Crippen molar-refractivity contribution in [1.29, 1.82) is 0 Å². The molecule has 0 saturated heterocycles. The maximum atomic E-state index is 14.4. The summed E-state index contributed by atoms with van der Waals surface area (Å²) in [4.78, 5) is 45.8. The lowest BCUT2D eigenvalue weighted by Gasteiger charge is -2.36. The van der Waals surface area contributed by atoms with Gasteiger partial charge in [-0.1, -0.05) is 30.3 Å². The van der Waals surface area contributed by atoms with E-state index in [1.807, 2.05) is 68.8 Å². The van der Waals surface area contributed by atoms with E-state index in [0.717, 1.165) is 40.6 Å². The predicted molar refractivity (Wildman–Crippen MR) is 190 cm³/mol. The van der Waals surface area contributed by atoms with E-state index in [4.69, 9.17) is 10.5 Å². The second-order valence-electron chi connectivity index (χ2n) is 14.0. The lowest BCUT2D eigenvalue weighted by atomic mass is 9.81. The normalized spacial score (nSPS) is 16.9. The first-order chi connectivity index (χ1) is 23.9. The van der Waals surface area contributed by atoms with Gasteiger partial charge in [0.25, 0.3) is 0 Å². The highest BCUT2D eigenvalue weighted by molar-refractivity contribution is 6.02. The molecule has 50 heavy (non-hydrogen) atoms. The van der Waals surface area contributed by atoms with Crippen LogP contribution < -0.4 is 16.0 Å². The number of nitrogens with zero attached hydrogens (tertiary/aromatic N) is 6. The molecule has 2 heterocycles. The molecule has 4 N–H and O–H groups in total. The fraction of sp³-hybridized carbons (Fsp3) is 0.378. The van der Waals surface area contributed by atoms with E-state index >= 15 is 0 Å². The Balaban J connectivity index is 1.21. The molecule has 5 aromatic rings. The molecule has 0 aliphatic heterocycles. The number of carbonyl (C=O) groups excluding carboxylic acids is 3. The van der Waals surface area contributed by atoms with Crippen molar-refractivity contribution < 1.29 is 19.1 Å². The summed E-state index contributed by atoms with van der Waals surface area (Å²) in [7, 11) is 1.97. The lowest BCUT2D eigenvalue weighted by molar-refractivity contribution is -0.127. The van der Waals surface area contributed by atoms with Gasteiger partial charge in [0, 0.05) is 37.2 Å². The first-order valence-electron chi connectivity index (χ1n) is 16.9. The number of nitrogens with one attached hydrogen (secondary N) is 2. The summed E-state index contributed by atoms with van der Waals surface area (Å²) >= 11 is 0. The van der Waals surface area contributed by atoms with Crippen LogP contribution in [0.4, 0.5) is 10.5 Å². The lowest BCUT2D eigenvalue weighted by Crippen LogP contribution is -2.52. The molecular weight excluding hydrogens is 634 g/mol. The van der Waals surface area contributed by atoms with E-state index in [-0.39, 0.29) is 24.2 Å². The molecule has 3 aromatic carbocycles. The minimum atomic E-state index is -0.929. The van der Waals surface area contributed by atoms with E-state index in [1.165, 1.54) is 0 Å². The largest absolute Gasteiger partial charge is 0.444 e. The zero-order valence-corrected chi connectivity index (χ0v) is 28.8. The van der Waals surface area contributed by atoms with E-state index in [1.54, 1.807) is 35.5 Å². The average Bonchev–Trinajstić information content (AvgIpc) is 3.77. The molecule has 1 atom stereocenters. The average molecular weight is 678 g/mol. The number of ether oxygens (including phenoxy) is 1. The number of H-pyrrole nitrogens is 1. The molecule has 6 rings (SSSR count). The SMILES string of the molecule is Cn1cnc2ccc(-c3ccc(C[C@@H](C(N)=O)N(C(=O)C4CCC(CNC(=O)OC(C)(C)C)CC4)c4ccc(-c5nn[nH]n5)cc4)cc3)cc21. The van der Waals surface area contributed by atoms with Crippen molar-refractivity contribution >= 4 is 34.6 Å². The number of anilines is 1. The van der Waals surface area contributed by atoms with Crippen molar-refractivity contribution in [3.63, 3.8) is 0 Å². The fourth-order valence-electron chi connectivity index (χ4n) is 6.55. The third-order valence-electron chi connectivity index (χ3n) is 9.20. The van der Waals surface area contributed by atoms with E-state index in [2.05, 4.69) is 37.0 Å². The van der Waals surface area contributed by atoms with E-state index in [9.17, 15) is 14.4 Å². The molecule has 260 valence electrons. The summed E-state index contributed by atoms with van der Waals surface area (Å²) in [6, 6.07) is 20.4. The number of nitrogens with two attached hydrogens (primary N) is 1. The monoisotopic (exact) mass is 677 g/mol. The number of hydrogen-bond acceptors (Lipinski definition) is 8. The van der Waals surface area contributed by atoms with Gasteiger partial charge >= 0.3 is 6.09 Å². The Morgan fingerprint density at radius 2 is 1.66 bits per heavy atom. The Morgan fingerprint density at radius 1 is 0.980 bits per heavy atom. The number of amides is 3. The van der Waals surface area contributed by atoms with Gasteiger partial charge in [-0.15, -0.1) is 10.2 Å². The Kier molecular flexibility index (Phi) is 9.93. The molecule has 0 spiro atoms. The third-order valence-corrected chi connectivity index (χ3v) is 9.20. The van der Waals surface area contributed by atoms with Crippen LogP contribution in [0.5, 0.6) is 0 Å². The minimum absolute atomic E-state index is 0.152. The van der Waals surface area contributed by atoms with Gasteiger partial charge in [0.15, 0.2) is 0 Å². The van der Waals surface area contributed by atoms with Gasteiger partial charge in [-0.2, -0.15) is 5.21 Å². The number of tetrazole rings is 1. The maximum absolute atomic E-state index is 14.4. The van der Waals surface area contributed by atoms with Crippen LogP contribution in [0.1, 0.15) is 52.0 Å². The van der Waals surface area contributed by atoms with Crippen LogP contribution in [0.2, 0.25) is 0 Å². The number of imidazole rings is 1. The summed E-state index contributed by atoms with van der Waals surface area (Å²) in [5, 5.41) is 17.0. The van der Waals surface area contributed by atoms with Crippen LogP contribution >= 0.6 is 0 Å². The van der Waals surface area contributed by atoms with Gasteiger partial charge in [-0.25, -0.2) is 9.78 Å². The molecule has 0 radical (unpaired) electrons. The highest BCUT2D eigenvalue weighted by Crippen LogP contribution is 2.33. The number of benzene rings is 3. The summed E-state index contributed by atoms with van der Waals surface area (Å²) in [6.45, 7) is 5.96. The molecule has 1 saturated carbocycles. The van der Waals surface area contributed by atoms with Crippen molar-refractivity contribution in [2.45, 2.75) is 64.5 Å². The Hall–Kier alpha value is -5.59. The van der Waals surface area contributed by atoms with Crippen molar-refractivity contribution in [2.24, 2.45) is 24.6 Å². The van der Waals surface area contributed by atoms with Gasteiger partial charge in [0.1, 0.15) is 11.6 Å². The van der Waals surface area contributed by atoms with Gasteiger partial charge in [0.05, 0.1) is 17.4 Å². The number of aryl methyl sites for hydroxylation is 1. The maximum Gasteiger partial charge on any atom is 0.407 e. The number of carbonyl (C=O) groups is 3. The molecule has 1 fully saturated rings. The van der Waals surface area contributed by atoms with Crippen LogP contribution in [0.3, 0.4) is 0 Å². The summed E-state index contributed by atoms with van der Waals surface area (Å²) in [5.41, 5.74) is 11.7. The molecule has 3 amide bonds. The molecule has 0 unspecified atom stereocenters. The minimum Gasteiger partial charge on any atom is -0.444 e. The third kappa shape index (κ3) is 7.99. The second kappa shape index (κ2) is 14.5. The van der Waals surface area contributed by atoms with Crippen molar-refractivity contribution in [2.75, 3.05) is 11.4 Å². The molecule has 1 aliphatic carbocycles. The Morgan fingerprint density at radius 3 is 2.30 bits per heavy atom. The smallest absolute Gasteiger partial charge is 0.407 e. The molecule has 2 aromatic heterocycles. The van der Waals surface area contributed by atoms with Gasteiger partial charge in [-0.05, 0) is 111 Å². The van der Waals surface area contributed by atoms with Crippen LogP contribution in [0.15, 0.2) is 73.1 Å². The molecule has 1 aliphatic rings.